The second kappa shape index (κ2) is 13.6. The molecule has 0 radical (unpaired) electrons. The van der Waals surface area contributed by atoms with Crippen LogP contribution in [0.2, 0.25) is 0 Å². The monoisotopic (exact) mass is 551 g/mol. The van der Waals surface area contributed by atoms with Crippen LogP contribution in [0.5, 0.6) is 0 Å². The third-order valence-electron chi connectivity index (χ3n) is 8.71. The van der Waals surface area contributed by atoms with Gasteiger partial charge in [-0.1, -0.05) is 56.5 Å². The normalized spacial score (nSPS) is 26.6. The van der Waals surface area contributed by atoms with Crippen molar-refractivity contribution in [3.63, 3.8) is 0 Å². The lowest BCUT2D eigenvalue weighted by molar-refractivity contribution is -0.147. The van der Waals surface area contributed by atoms with E-state index in [4.69, 9.17) is 9.84 Å². The van der Waals surface area contributed by atoms with Crippen LogP contribution >= 0.6 is 0 Å². The number of para-hydroxylation sites is 1. The second-order valence-corrected chi connectivity index (χ2v) is 11.2. The van der Waals surface area contributed by atoms with E-state index in [0.29, 0.717) is 45.4 Å². The molecule has 3 amide bonds. The fourth-order valence-electron chi connectivity index (χ4n) is 6.91. The standard InChI is InChI=1S/C32H45N3O5/c1-4-7-21-33(19-5-2)31(39)28-32-18-17-25(40-32)26(27(32)30(38)35(28)22-13-8-9-14-23-36)29(37)34(20-6-3)24-15-11-10-12-16-24/h5-6,10-12,15-16,25-28,36H,2-4,7-9,13-14,17-23H2,1H3/t25-,26+,27-,28?,32?/m0/s1. The maximum Gasteiger partial charge on any atom is 0.248 e. The first-order valence-corrected chi connectivity index (χ1v) is 14.9. The van der Waals surface area contributed by atoms with E-state index in [1.807, 2.05) is 30.3 Å². The first-order valence-electron chi connectivity index (χ1n) is 14.9. The van der Waals surface area contributed by atoms with E-state index in [-0.39, 0.29) is 24.3 Å². The zero-order chi connectivity index (χ0) is 28.7. The largest absolute Gasteiger partial charge is 0.396 e. The Morgan fingerprint density at radius 3 is 2.48 bits per heavy atom. The molecule has 4 rings (SSSR count). The summed E-state index contributed by atoms with van der Waals surface area (Å²) in [5, 5.41) is 9.16. The van der Waals surface area contributed by atoms with Crippen molar-refractivity contribution in [2.45, 2.75) is 76.0 Å². The topological polar surface area (TPSA) is 90.4 Å². The highest BCUT2D eigenvalue weighted by Gasteiger charge is 2.74. The van der Waals surface area contributed by atoms with Gasteiger partial charge in [0.05, 0.1) is 17.9 Å². The highest BCUT2D eigenvalue weighted by atomic mass is 16.5. The number of benzene rings is 1. The lowest BCUT2D eigenvalue weighted by Gasteiger charge is -2.37. The minimum atomic E-state index is -1.01. The number of rotatable bonds is 16. The fraction of sp³-hybridized carbons (Fsp3) is 0.594. The average molecular weight is 552 g/mol. The minimum absolute atomic E-state index is 0.112. The molecule has 2 bridgehead atoms. The lowest BCUT2D eigenvalue weighted by Crippen LogP contribution is -2.56. The molecule has 0 saturated carbocycles. The third-order valence-corrected chi connectivity index (χ3v) is 8.71. The zero-order valence-corrected chi connectivity index (χ0v) is 23.9. The first kappa shape index (κ1) is 30.0. The average Bonchev–Trinajstić information content (AvgIpc) is 3.61. The second-order valence-electron chi connectivity index (χ2n) is 11.2. The highest BCUT2D eigenvalue weighted by molar-refractivity contribution is 6.03. The van der Waals surface area contributed by atoms with Gasteiger partial charge in [-0.3, -0.25) is 14.4 Å². The van der Waals surface area contributed by atoms with Gasteiger partial charge in [0.15, 0.2) is 0 Å². The summed E-state index contributed by atoms with van der Waals surface area (Å²) in [5.74, 6) is -1.76. The Labute approximate surface area is 238 Å². The van der Waals surface area contributed by atoms with Crippen LogP contribution in [0.15, 0.2) is 55.6 Å². The number of anilines is 1. The van der Waals surface area contributed by atoms with E-state index < -0.39 is 29.6 Å². The number of aliphatic hydroxyl groups is 1. The first-order chi connectivity index (χ1) is 19.4. The van der Waals surface area contributed by atoms with Crippen molar-refractivity contribution >= 4 is 23.4 Å². The van der Waals surface area contributed by atoms with Gasteiger partial charge in [0.25, 0.3) is 0 Å². The van der Waals surface area contributed by atoms with Gasteiger partial charge in [-0.05, 0) is 44.2 Å². The van der Waals surface area contributed by atoms with E-state index in [9.17, 15) is 14.4 Å². The summed E-state index contributed by atoms with van der Waals surface area (Å²) < 4.78 is 6.65. The van der Waals surface area contributed by atoms with E-state index in [1.165, 1.54) is 0 Å². The van der Waals surface area contributed by atoms with Crippen molar-refractivity contribution in [1.29, 1.82) is 0 Å². The number of ether oxygens (including phenoxy) is 1. The van der Waals surface area contributed by atoms with Gasteiger partial charge in [0, 0.05) is 38.5 Å². The van der Waals surface area contributed by atoms with Crippen LogP contribution < -0.4 is 4.90 Å². The maximum atomic E-state index is 14.3. The number of aliphatic hydroxyl groups excluding tert-OH is 1. The molecule has 8 nitrogen and oxygen atoms in total. The number of nitrogens with zero attached hydrogens (tertiary/aromatic N) is 3. The predicted molar refractivity (Wildman–Crippen MR) is 156 cm³/mol. The van der Waals surface area contributed by atoms with E-state index in [2.05, 4.69) is 20.1 Å². The molecule has 3 saturated heterocycles. The molecule has 1 aromatic carbocycles. The van der Waals surface area contributed by atoms with Crippen molar-refractivity contribution in [2.75, 3.05) is 37.7 Å². The van der Waals surface area contributed by atoms with Gasteiger partial charge < -0.3 is 24.5 Å². The van der Waals surface area contributed by atoms with E-state index in [0.717, 1.165) is 37.8 Å². The molecule has 0 aliphatic carbocycles. The van der Waals surface area contributed by atoms with Crippen LogP contribution in [0.3, 0.4) is 0 Å². The molecule has 1 aromatic rings. The number of amides is 3. The Morgan fingerprint density at radius 2 is 1.80 bits per heavy atom. The molecule has 3 aliphatic rings. The van der Waals surface area contributed by atoms with Gasteiger partial charge in [-0.2, -0.15) is 0 Å². The predicted octanol–water partition coefficient (Wildman–Crippen LogP) is 3.95. The Bertz CT molecular complexity index is 1060. The summed E-state index contributed by atoms with van der Waals surface area (Å²) in [6.07, 6.45) is 9.19. The summed E-state index contributed by atoms with van der Waals surface area (Å²) >= 11 is 0. The number of carbonyl (C=O) groups excluding carboxylic acids is 3. The summed E-state index contributed by atoms with van der Waals surface area (Å²) in [4.78, 5) is 47.9. The van der Waals surface area contributed by atoms with Gasteiger partial charge in [0.1, 0.15) is 11.6 Å². The molecule has 40 heavy (non-hydrogen) atoms. The molecular formula is C32H45N3O5. The Kier molecular flexibility index (Phi) is 10.2. The molecule has 0 aromatic heterocycles. The molecule has 3 fully saturated rings. The summed E-state index contributed by atoms with van der Waals surface area (Å²) in [6.45, 7) is 11.7. The Balaban J connectivity index is 1.68. The van der Waals surface area contributed by atoms with Gasteiger partial charge in [-0.25, -0.2) is 0 Å². The van der Waals surface area contributed by atoms with Crippen molar-refractivity contribution in [3.8, 4) is 0 Å². The summed E-state index contributed by atoms with van der Waals surface area (Å²) in [7, 11) is 0. The summed E-state index contributed by atoms with van der Waals surface area (Å²) in [6, 6.07) is 8.68. The maximum absolute atomic E-state index is 14.3. The molecule has 1 spiro atoms. The SMILES string of the molecule is C=CCN(CCCC)C(=O)C1N(CCCCCCO)C(=O)[C@@H]2[C@H](C(=O)N(CC=C)c3ccccc3)[C@@H]3CCC12O3. The third kappa shape index (κ3) is 5.61. The fourth-order valence-corrected chi connectivity index (χ4v) is 6.91. The van der Waals surface area contributed by atoms with Crippen molar-refractivity contribution in [3.05, 3.63) is 55.6 Å². The van der Waals surface area contributed by atoms with Gasteiger partial charge in [0.2, 0.25) is 17.7 Å². The van der Waals surface area contributed by atoms with Crippen molar-refractivity contribution < 1.29 is 24.2 Å². The van der Waals surface area contributed by atoms with Gasteiger partial charge in [-0.15, -0.1) is 13.2 Å². The van der Waals surface area contributed by atoms with Crippen LogP contribution in [0.1, 0.15) is 58.3 Å². The van der Waals surface area contributed by atoms with Crippen LogP contribution in [-0.2, 0) is 19.1 Å². The number of hydrogen-bond acceptors (Lipinski definition) is 5. The number of unbranched alkanes of at least 4 members (excludes halogenated alkanes) is 4. The molecule has 8 heteroatoms. The minimum Gasteiger partial charge on any atom is -0.396 e. The Hall–Kier alpha value is -2.97. The van der Waals surface area contributed by atoms with Gasteiger partial charge >= 0.3 is 0 Å². The zero-order valence-electron chi connectivity index (χ0n) is 23.9. The van der Waals surface area contributed by atoms with E-state index >= 15 is 0 Å². The molecule has 1 N–H and O–H groups in total. The highest BCUT2D eigenvalue weighted by Crippen LogP contribution is 2.59. The molecular weight excluding hydrogens is 506 g/mol. The molecule has 3 aliphatic heterocycles. The summed E-state index contributed by atoms with van der Waals surface area (Å²) in [5.41, 5.74) is -0.258. The molecule has 5 atom stereocenters. The van der Waals surface area contributed by atoms with E-state index in [1.54, 1.807) is 26.9 Å². The number of fused-ring (bicyclic) bond motifs is 1. The molecule has 3 heterocycles. The van der Waals surface area contributed by atoms with Crippen LogP contribution in [-0.4, -0.2) is 83.2 Å². The van der Waals surface area contributed by atoms with Crippen molar-refractivity contribution in [2.24, 2.45) is 11.8 Å². The number of likely N-dealkylation sites (tertiary alicyclic amines) is 1. The van der Waals surface area contributed by atoms with Crippen LogP contribution in [0.25, 0.3) is 0 Å². The Morgan fingerprint density at radius 1 is 1.07 bits per heavy atom. The van der Waals surface area contributed by atoms with Crippen LogP contribution in [0, 0.1) is 11.8 Å². The number of carbonyl (C=O) groups is 3. The lowest BCUT2D eigenvalue weighted by atomic mass is 9.70. The quantitative estimate of drug-likeness (QED) is 0.248. The molecule has 2 unspecified atom stereocenters. The molecule has 218 valence electrons. The smallest absolute Gasteiger partial charge is 0.248 e. The number of hydrogen-bond donors (Lipinski definition) is 1. The van der Waals surface area contributed by atoms with Crippen LogP contribution in [0.4, 0.5) is 5.69 Å². The van der Waals surface area contributed by atoms with Crippen molar-refractivity contribution in [1.82, 2.24) is 9.80 Å².